The van der Waals surface area contributed by atoms with E-state index >= 15 is 0 Å². The highest BCUT2D eigenvalue weighted by Crippen LogP contribution is 2.11. The van der Waals surface area contributed by atoms with Crippen molar-refractivity contribution in [3.63, 3.8) is 0 Å². The van der Waals surface area contributed by atoms with Crippen LogP contribution in [0.3, 0.4) is 0 Å². The molecule has 0 spiro atoms. The number of hydrogen-bond donors (Lipinski definition) is 0. The predicted molar refractivity (Wildman–Crippen MR) is 40.2 cm³/mol. The molecule has 0 aliphatic rings. The average Bonchev–Trinajstić information content (AvgIpc) is 1.84. The minimum atomic E-state index is -0.399. The third-order valence-electron chi connectivity index (χ3n) is 1.46. The lowest BCUT2D eigenvalue weighted by Crippen LogP contribution is -1.97. The number of allylic oxidation sites excluding steroid dienone is 3. The van der Waals surface area contributed by atoms with Gasteiger partial charge in [0.05, 0.1) is 4.92 Å². The van der Waals surface area contributed by atoms with E-state index in [2.05, 4.69) is 6.58 Å². The van der Waals surface area contributed by atoms with Crippen molar-refractivity contribution in [1.82, 2.24) is 0 Å². The van der Waals surface area contributed by atoms with Gasteiger partial charge in [-0.1, -0.05) is 6.58 Å². The lowest BCUT2D eigenvalue weighted by molar-refractivity contribution is -0.425. The van der Waals surface area contributed by atoms with E-state index in [-0.39, 0.29) is 5.70 Å². The van der Waals surface area contributed by atoms with E-state index in [1.807, 2.05) is 0 Å². The first-order valence-electron chi connectivity index (χ1n) is 2.94. The first kappa shape index (κ1) is 8.88. The molecular formula is C7H11NO2. The van der Waals surface area contributed by atoms with Crippen LogP contribution in [-0.4, -0.2) is 4.92 Å². The Labute approximate surface area is 60.2 Å². The molecule has 3 heteroatoms. The van der Waals surface area contributed by atoms with E-state index < -0.39 is 4.92 Å². The van der Waals surface area contributed by atoms with Crippen molar-refractivity contribution in [2.24, 2.45) is 0 Å². The van der Waals surface area contributed by atoms with Crippen LogP contribution < -0.4 is 0 Å². The van der Waals surface area contributed by atoms with Crippen molar-refractivity contribution >= 4 is 0 Å². The normalized spacial score (nSPS) is 12.3. The standard InChI is InChI=1S/C7H11NO2/c1-5(2)6(3)7(4)8(9)10/h1H2,2-4H3/b7-6+. The van der Waals surface area contributed by atoms with Gasteiger partial charge in [0.1, 0.15) is 0 Å². The maximum Gasteiger partial charge on any atom is 0.246 e. The minimum absolute atomic E-state index is 0.174. The second-order valence-electron chi connectivity index (χ2n) is 2.25. The predicted octanol–water partition coefficient (Wildman–Crippen LogP) is 2.13. The molecule has 0 N–H and O–H groups in total. The van der Waals surface area contributed by atoms with E-state index in [1.54, 1.807) is 13.8 Å². The fourth-order valence-electron chi connectivity index (χ4n) is 0.446. The lowest BCUT2D eigenvalue weighted by atomic mass is 10.1. The Bertz CT molecular complexity index is 182. The molecule has 0 heterocycles. The van der Waals surface area contributed by atoms with E-state index in [0.717, 1.165) is 5.57 Å². The number of nitro groups is 1. The molecule has 0 aliphatic heterocycles. The summed E-state index contributed by atoms with van der Waals surface area (Å²) in [6.45, 7) is 8.52. The van der Waals surface area contributed by atoms with Gasteiger partial charge >= 0.3 is 0 Å². The summed E-state index contributed by atoms with van der Waals surface area (Å²) in [4.78, 5) is 9.75. The molecule has 0 fully saturated rings. The molecule has 10 heavy (non-hydrogen) atoms. The summed E-state index contributed by atoms with van der Waals surface area (Å²) in [5, 5.41) is 10.2. The molecule has 0 bridgehead atoms. The van der Waals surface area contributed by atoms with Crippen molar-refractivity contribution in [3.8, 4) is 0 Å². The van der Waals surface area contributed by atoms with Gasteiger partial charge in [-0.15, -0.1) is 0 Å². The molecule has 0 radical (unpaired) electrons. The minimum Gasteiger partial charge on any atom is -0.259 e. The molecule has 0 unspecified atom stereocenters. The third kappa shape index (κ3) is 2.01. The van der Waals surface area contributed by atoms with Crippen molar-refractivity contribution in [3.05, 3.63) is 33.5 Å². The summed E-state index contributed by atoms with van der Waals surface area (Å²) in [6.07, 6.45) is 0. The number of nitrogens with zero attached hydrogens (tertiary/aromatic N) is 1. The van der Waals surface area contributed by atoms with E-state index in [1.165, 1.54) is 6.92 Å². The quantitative estimate of drug-likeness (QED) is 0.336. The highest BCUT2D eigenvalue weighted by molar-refractivity contribution is 5.25. The maximum atomic E-state index is 10.2. The first-order chi connectivity index (χ1) is 4.46. The summed E-state index contributed by atoms with van der Waals surface area (Å²) in [5.74, 6) is 0. The summed E-state index contributed by atoms with van der Waals surface area (Å²) in [7, 11) is 0. The maximum absolute atomic E-state index is 10.2. The summed E-state index contributed by atoms with van der Waals surface area (Å²) < 4.78 is 0. The third-order valence-corrected chi connectivity index (χ3v) is 1.46. The van der Waals surface area contributed by atoms with Gasteiger partial charge in [-0.05, 0) is 19.4 Å². The van der Waals surface area contributed by atoms with Gasteiger partial charge in [0, 0.05) is 12.5 Å². The largest absolute Gasteiger partial charge is 0.259 e. The Morgan fingerprint density at radius 3 is 1.90 bits per heavy atom. The van der Waals surface area contributed by atoms with Crippen LogP contribution in [0.25, 0.3) is 0 Å². The van der Waals surface area contributed by atoms with Crippen LogP contribution in [0, 0.1) is 10.1 Å². The second-order valence-corrected chi connectivity index (χ2v) is 2.25. The van der Waals surface area contributed by atoms with Gasteiger partial charge in [-0.25, -0.2) is 0 Å². The molecule has 0 rings (SSSR count). The van der Waals surface area contributed by atoms with Gasteiger partial charge in [0.15, 0.2) is 0 Å². The van der Waals surface area contributed by atoms with E-state index in [9.17, 15) is 10.1 Å². The van der Waals surface area contributed by atoms with Crippen LogP contribution in [0.4, 0.5) is 0 Å². The molecule has 56 valence electrons. The highest BCUT2D eigenvalue weighted by Gasteiger charge is 2.07. The zero-order chi connectivity index (χ0) is 8.31. The fourth-order valence-corrected chi connectivity index (χ4v) is 0.446. The average molecular weight is 141 g/mol. The molecule has 0 atom stereocenters. The topological polar surface area (TPSA) is 43.1 Å². The van der Waals surface area contributed by atoms with Crippen molar-refractivity contribution in [1.29, 1.82) is 0 Å². The Balaban J connectivity index is 4.67. The Morgan fingerprint density at radius 1 is 1.40 bits per heavy atom. The molecular weight excluding hydrogens is 130 g/mol. The zero-order valence-electron chi connectivity index (χ0n) is 6.47. The molecule has 0 saturated heterocycles. The first-order valence-corrected chi connectivity index (χ1v) is 2.94. The molecule has 0 amide bonds. The monoisotopic (exact) mass is 141 g/mol. The summed E-state index contributed by atoms with van der Waals surface area (Å²) >= 11 is 0. The molecule has 0 aromatic rings. The molecule has 0 saturated carbocycles. The van der Waals surface area contributed by atoms with Crippen molar-refractivity contribution in [2.45, 2.75) is 20.8 Å². The van der Waals surface area contributed by atoms with Gasteiger partial charge < -0.3 is 0 Å². The van der Waals surface area contributed by atoms with Crippen LogP contribution in [0.15, 0.2) is 23.4 Å². The Kier molecular flexibility index (Phi) is 2.80. The van der Waals surface area contributed by atoms with E-state index in [0.29, 0.717) is 5.57 Å². The highest BCUT2D eigenvalue weighted by atomic mass is 16.6. The number of rotatable bonds is 2. The smallest absolute Gasteiger partial charge is 0.246 e. The fraction of sp³-hybridized carbons (Fsp3) is 0.429. The lowest BCUT2D eigenvalue weighted by Gasteiger charge is -1.97. The molecule has 0 aromatic carbocycles. The second kappa shape index (κ2) is 3.15. The van der Waals surface area contributed by atoms with Crippen molar-refractivity contribution < 1.29 is 4.92 Å². The molecule has 0 aliphatic carbocycles. The molecule has 3 nitrogen and oxygen atoms in total. The molecule has 0 aromatic heterocycles. The summed E-state index contributed by atoms with van der Waals surface area (Å²) in [5.41, 5.74) is 1.58. The Hall–Kier alpha value is -1.12. The van der Waals surface area contributed by atoms with Gasteiger partial charge in [-0.3, -0.25) is 10.1 Å². The van der Waals surface area contributed by atoms with Crippen LogP contribution in [0.1, 0.15) is 20.8 Å². The van der Waals surface area contributed by atoms with E-state index in [4.69, 9.17) is 0 Å². The summed E-state index contributed by atoms with van der Waals surface area (Å²) in [6, 6.07) is 0. The van der Waals surface area contributed by atoms with Gasteiger partial charge in [0.2, 0.25) is 5.70 Å². The van der Waals surface area contributed by atoms with Crippen molar-refractivity contribution in [2.75, 3.05) is 0 Å². The number of hydrogen-bond acceptors (Lipinski definition) is 2. The van der Waals surface area contributed by atoms with Gasteiger partial charge in [-0.2, -0.15) is 0 Å². The SMILES string of the molecule is C=C(C)/C(C)=C(\C)[N+](=O)[O-]. The zero-order valence-corrected chi connectivity index (χ0v) is 6.47. The van der Waals surface area contributed by atoms with Gasteiger partial charge in [0.25, 0.3) is 0 Å². The van der Waals surface area contributed by atoms with Crippen LogP contribution in [0.2, 0.25) is 0 Å². The van der Waals surface area contributed by atoms with Crippen LogP contribution in [0.5, 0.6) is 0 Å². The van der Waals surface area contributed by atoms with Crippen LogP contribution in [-0.2, 0) is 0 Å². The van der Waals surface area contributed by atoms with Crippen LogP contribution >= 0.6 is 0 Å². The Morgan fingerprint density at radius 2 is 1.80 bits per heavy atom.